The van der Waals surface area contributed by atoms with Crippen molar-refractivity contribution in [3.05, 3.63) is 24.7 Å². The summed E-state index contributed by atoms with van der Waals surface area (Å²) in [5.41, 5.74) is 0.665. The molecule has 40 heavy (non-hydrogen) atoms. The highest BCUT2D eigenvalue weighted by Crippen LogP contribution is 2.30. The molecule has 4 heterocycles. The number of fused-ring (bicyclic) bond motifs is 1. The zero-order chi connectivity index (χ0) is 29.1. The molecule has 1 fully saturated rings. The van der Waals surface area contributed by atoms with E-state index in [0.29, 0.717) is 30.1 Å². The van der Waals surface area contributed by atoms with Crippen LogP contribution in [0.2, 0.25) is 25.7 Å². The predicted octanol–water partition coefficient (Wildman–Crippen LogP) is 5.43. The molecule has 1 amide bonds. The Labute approximate surface area is 236 Å². The van der Waals surface area contributed by atoms with E-state index in [1.54, 1.807) is 31.6 Å². The van der Waals surface area contributed by atoms with E-state index in [0.717, 1.165) is 12.6 Å². The van der Waals surface area contributed by atoms with Crippen molar-refractivity contribution in [2.45, 2.75) is 91.0 Å². The number of hydrogen-bond acceptors (Lipinski definition) is 8. The third kappa shape index (κ3) is 7.93. The molecule has 0 bridgehead atoms. The highest BCUT2D eigenvalue weighted by Gasteiger charge is 2.36. The van der Waals surface area contributed by atoms with E-state index in [-0.39, 0.29) is 31.3 Å². The summed E-state index contributed by atoms with van der Waals surface area (Å²) in [6.45, 7) is 16.3. The molecule has 220 valence electrons. The first-order valence-electron chi connectivity index (χ1n) is 13.8. The predicted molar refractivity (Wildman–Crippen MR) is 155 cm³/mol. The summed E-state index contributed by atoms with van der Waals surface area (Å²) in [7, 11) is -1.22. The summed E-state index contributed by atoms with van der Waals surface area (Å²) in [5.74, 6) is 0.519. The second kappa shape index (κ2) is 12.1. The van der Waals surface area contributed by atoms with Crippen LogP contribution < -0.4 is 10.1 Å². The fourth-order valence-corrected chi connectivity index (χ4v) is 4.95. The molecule has 1 N–H and O–H groups in total. The molecule has 3 aromatic heterocycles. The number of nitrogens with zero attached hydrogens (tertiary/aromatic N) is 6. The number of rotatable bonds is 10. The maximum atomic E-state index is 15.1. The normalized spacial score (nSPS) is 18.2. The van der Waals surface area contributed by atoms with E-state index < -0.39 is 32.0 Å². The van der Waals surface area contributed by atoms with Gasteiger partial charge in [0.25, 0.3) is 0 Å². The van der Waals surface area contributed by atoms with Gasteiger partial charge in [0.1, 0.15) is 24.6 Å². The number of likely N-dealkylation sites (tertiary alicyclic amines) is 1. The third-order valence-electron chi connectivity index (χ3n) is 6.42. The van der Waals surface area contributed by atoms with Gasteiger partial charge in [-0.25, -0.2) is 9.18 Å². The number of halogens is 1. The van der Waals surface area contributed by atoms with Crippen LogP contribution in [0.25, 0.3) is 11.0 Å². The topological polar surface area (TPSA) is 109 Å². The lowest BCUT2D eigenvalue weighted by Gasteiger charge is -2.35. The SMILES string of the molecule is CCn1cc(Nc2nc(O[C@@H]3CN(C(=O)OC(C)(C)C)CC[C@H]3F)c3ccn(COCC[Si](C)(C)C)c3n2)cn1. The Morgan fingerprint density at radius 2 is 2.02 bits per heavy atom. The molecule has 0 unspecified atom stereocenters. The van der Waals surface area contributed by atoms with E-state index in [2.05, 4.69) is 35.0 Å². The Morgan fingerprint density at radius 1 is 1.25 bits per heavy atom. The van der Waals surface area contributed by atoms with Gasteiger partial charge in [-0.2, -0.15) is 15.1 Å². The molecule has 3 aromatic rings. The highest BCUT2D eigenvalue weighted by atomic mass is 28.3. The molecule has 13 heteroatoms. The van der Waals surface area contributed by atoms with Gasteiger partial charge in [-0.05, 0) is 39.8 Å². The number of carbonyl (C=O) groups is 1. The van der Waals surface area contributed by atoms with E-state index in [1.165, 1.54) is 4.90 Å². The monoisotopic (exact) mass is 575 g/mol. The summed E-state index contributed by atoms with van der Waals surface area (Å²) in [6, 6.07) is 2.89. The number of hydrogen-bond donors (Lipinski definition) is 1. The fourth-order valence-electron chi connectivity index (χ4n) is 4.19. The first kappa shape index (κ1) is 29.8. The van der Waals surface area contributed by atoms with Crippen LogP contribution in [0.1, 0.15) is 34.1 Å². The maximum Gasteiger partial charge on any atom is 0.410 e. The highest BCUT2D eigenvalue weighted by molar-refractivity contribution is 6.76. The number of carbonyl (C=O) groups excluding carboxylic acids is 1. The van der Waals surface area contributed by atoms with Gasteiger partial charge in [0, 0.05) is 46.6 Å². The Balaban J connectivity index is 1.59. The van der Waals surface area contributed by atoms with Crippen LogP contribution in [0.3, 0.4) is 0 Å². The van der Waals surface area contributed by atoms with E-state index in [1.807, 2.05) is 30.0 Å². The number of aromatic nitrogens is 5. The first-order valence-corrected chi connectivity index (χ1v) is 17.5. The Morgan fingerprint density at radius 3 is 2.70 bits per heavy atom. The molecule has 4 rings (SSSR count). The van der Waals surface area contributed by atoms with Gasteiger partial charge in [0.15, 0.2) is 5.65 Å². The van der Waals surface area contributed by atoms with Gasteiger partial charge >= 0.3 is 6.09 Å². The Hall–Kier alpha value is -3.19. The largest absolute Gasteiger partial charge is 0.469 e. The molecular weight excluding hydrogens is 533 g/mol. The average Bonchev–Trinajstić information content (AvgIpc) is 3.48. The number of nitrogens with one attached hydrogen (secondary N) is 1. The minimum absolute atomic E-state index is 0.0497. The Kier molecular flexibility index (Phi) is 9.03. The van der Waals surface area contributed by atoms with Crippen LogP contribution in [-0.4, -0.2) is 81.0 Å². The summed E-state index contributed by atoms with van der Waals surface area (Å²) in [5, 5.41) is 8.11. The second-order valence-electron chi connectivity index (χ2n) is 12.3. The van der Waals surface area contributed by atoms with Gasteiger partial charge in [-0.15, -0.1) is 0 Å². The summed E-state index contributed by atoms with van der Waals surface area (Å²) >= 11 is 0. The third-order valence-corrected chi connectivity index (χ3v) is 8.12. The van der Waals surface area contributed by atoms with Crippen LogP contribution in [0.5, 0.6) is 5.88 Å². The molecule has 0 aliphatic carbocycles. The Bertz CT molecular complexity index is 1300. The summed E-state index contributed by atoms with van der Waals surface area (Å²) in [4.78, 5) is 23.5. The van der Waals surface area contributed by atoms with Gasteiger partial charge in [-0.3, -0.25) is 4.68 Å². The lowest BCUT2D eigenvalue weighted by atomic mass is 10.1. The quantitative estimate of drug-likeness (QED) is 0.252. The number of anilines is 2. The van der Waals surface area contributed by atoms with Crippen molar-refractivity contribution in [2.24, 2.45) is 0 Å². The van der Waals surface area contributed by atoms with Crippen molar-refractivity contribution in [1.82, 2.24) is 29.2 Å². The van der Waals surface area contributed by atoms with Crippen molar-refractivity contribution in [3.8, 4) is 5.88 Å². The van der Waals surface area contributed by atoms with Gasteiger partial charge in [0.2, 0.25) is 11.8 Å². The standard InChI is InChI=1S/C27H42FN7O4Si/c1-8-35-16-19(15-29-35)30-25-31-23-20(9-11-34(23)18-37-13-14-40(5,6)7)24(32-25)38-22-17-33(12-10-21(22)28)26(36)39-27(2,3)4/h9,11,15-16,21-22H,8,10,12-14,17-18H2,1-7H3,(H,30,31,32)/t21-,22-/m1/s1. The van der Waals surface area contributed by atoms with E-state index in [9.17, 15) is 4.79 Å². The van der Waals surface area contributed by atoms with Gasteiger partial charge in [0.05, 0.1) is 23.8 Å². The van der Waals surface area contributed by atoms with Crippen molar-refractivity contribution in [2.75, 3.05) is 25.0 Å². The zero-order valence-electron chi connectivity index (χ0n) is 24.6. The fraction of sp³-hybridized carbons (Fsp3) is 0.630. The molecule has 1 aliphatic heterocycles. The maximum absolute atomic E-state index is 15.1. The molecule has 0 radical (unpaired) electrons. The molecule has 0 aromatic carbocycles. The minimum atomic E-state index is -1.27. The number of aryl methyl sites for hydroxylation is 1. The molecule has 0 saturated carbocycles. The lowest BCUT2D eigenvalue weighted by Crippen LogP contribution is -2.51. The van der Waals surface area contributed by atoms with Crippen LogP contribution >= 0.6 is 0 Å². The van der Waals surface area contributed by atoms with E-state index in [4.69, 9.17) is 19.2 Å². The molecule has 1 aliphatic rings. The smallest absolute Gasteiger partial charge is 0.410 e. The molecule has 2 atom stereocenters. The molecule has 0 spiro atoms. The zero-order valence-corrected chi connectivity index (χ0v) is 25.6. The van der Waals surface area contributed by atoms with Crippen molar-refractivity contribution in [1.29, 1.82) is 0 Å². The number of alkyl halides is 1. The summed E-state index contributed by atoms with van der Waals surface area (Å²) < 4.78 is 36.4. The molecule has 1 saturated heterocycles. The number of piperidine rings is 1. The molecule has 11 nitrogen and oxygen atoms in total. The van der Waals surface area contributed by atoms with Gasteiger partial charge < -0.3 is 29.0 Å². The summed E-state index contributed by atoms with van der Waals surface area (Å²) in [6.07, 6.45) is 2.88. The first-order chi connectivity index (χ1) is 18.8. The van der Waals surface area contributed by atoms with Crippen LogP contribution in [0, 0.1) is 0 Å². The lowest BCUT2D eigenvalue weighted by molar-refractivity contribution is -0.0129. The minimum Gasteiger partial charge on any atom is -0.469 e. The number of amides is 1. The van der Waals surface area contributed by atoms with Crippen LogP contribution in [-0.2, 0) is 22.7 Å². The second-order valence-corrected chi connectivity index (χ2v) is 17.9. The van der Waals surface area contributed by atoms with Crippen molar-refractivity contribution >= 4 is 36.8 Å². The average molecular weight is 576 g/mol. The molecular formula is C27H42FN7O4Si. The van der Waals surface area contributed by atoms with E-state index >= 15 is 4.39 Å². The van der Waals surface area contributed by atoms with Gasteiger partial charge in [-0.1, -0.05) is 19.6 Å². The number of ether oxygens (including phenoxy) is 3. The van der Waals surface area contributed by atoms with Crippen LogP contribution in [0.15, 0.2) is 24.7 Å². The van der Waals surface area contributed by atoms with Crippen LogP contribution in [0.4, 0.5) is 20.8 Å². The van der Waals surface area contributed by atoms with Crippen molar-refractivity contribution in [3.63, 3.8) is 0 Å². The van der Waals surface area contributed by atoms with Crippen molar-refractivity contribution < 1.29 is 23.4 Å².